The standard InChI is InChI=1S/C22H23N3O/c26-22(18-6-10-20(11-7-18)25-16-4-5-17-25)23-19-8-12-21(13-9-19)24-14-2-1-3-15-24/h4-13,16-17H,1-3,14-15H2,(H,23,26). The van der Waals surface area contributed by atoms with Crippen molar-refractivity contribution in [2.24, 2.45) is 0 Å². The van der Waals surface area contributed by atoms with E-state index in [1.54, 1.807) is 0 Å². The maximum atomic E-state index is 12.5. The summed E-state index contributed by atoms with van der Waals surface area (Å²) in [5.41, 5.74) is 3.75. The highest BCUT2D eigenvalue weighted by atomic mass is 16.1. The van der Waals surface area contributed by atoms with Gasteiger partial charge in [0.2, 0.25) is 0 Å². The second-order valence-electron chi connectivity index (χ2n) is 6.69. The van der Waals surface area contributed by atoms with Crippen molar-refractivity contribution in [3.63, 3.8) is 0 Å². The summed E-state index contributed by atoms with van der Waals surface area (Å²) in [7, 11) is 0. The van der Waals surface area contributed by atoms with Crippen LogP contribution in [0.5, 0.6) is 0 Å². The van der Waals surface area contributed by atoms with Gasteiger partial charge in [-0.2, -0.15) is 0 Å². The molecule has 4 rings (SSSR count). The smallest absolute Gasteiger partial charge is 0.255 e. The van der Waals surface area contributed by atoms with E-state index in [0.29, 0.717) is 5.56 Å². The Balaban J connectivity index is 1.41. The first-order valence-electron chi connectivity index (χ1n) is 9.19. The molecule has 0 atom stereocenters. The minimum Gasteiger partial charge on any atom is -0.372 e. The van der Waals surface area contributed by atoms with Gasteiger partial charge in [0, 0.05) is 48.1 Å². The van der Waals surface area contributed by atoms with E-state index < -0.39 is 0 Å². The molecule has 132 valence electrons. The molecule has 0 spiro atoms. The van der Waals surface area contributed by atoms with E-state index in [4.69, 9.17) is 0 Å². The molecular formula is C22H23N3O. The maximum Gasteiger partial charge on any atom is 0.255 e. The molecule has 1 N–H and O–H groups in total. The number of carbonyl (C=O) groups excluding carboxylic acids is 1. The summed E-state index contributed by atoms with van der Waals surface area (Å²) in [5, 5.41) is 2.98. The lowest BCUT2D eigenvalue weighted by atomic mass is 10.1. The Labute approximate surface area is 154 Å². The summed E-state index contributed by atoms with van der Waals surface area (Å²) < 4.78 is 2.01. The maximum absolute atomic E-state index is 12.5. The van der Waals surface area contributed by atoms with Crippen molar-refractivity contribution in [2.75, 3.05) is 23.3 Å². The van der Waals surface area contributed by atoms with Gasteiger partial charge in [-0.25, -0.2) is 0 Å². The topological polar surface area (TPSA) is 37.3 Å². The lowest BCUT2D eigenvalue weighted by Crippen LogP contribution is -2.29. The SMILES string of the molecule is O=C(Nc1ccc(N2CCCCC2)cc1)c1ccc(-n2cccc2)cc1. The molecule has 26 heavy (non-hydrogen) atoms. The van der Waals surface area contributed by atoms with Gasteiger partial charge in [0.25, 0.3) is 5.91 Å². The third-order valence-electron chi connectivity index (χ3n) is 4.88. The first-order valence-corrected chi connectivity index (χ1v) is 9.19. The van der Waals surface area contributed by atoms with E-state index >= 15 is 0 Å². The van der Waals surface area contributed by atoms with E-state index in [9.17, 15) is 4.79 Å². The van der Waals surface area contributed by atoms with Crippen LogP contribution in [0.15, 0.2) is 73.1 Å². The number of anilines is 2. The second-order valence-corrected chi connectivity index (χ2v) is 6.69. The highest BCUT2D eigenvalue weighted by molar-refractivity contribution is 6.04. The van der Waals surface area contributed by atoms with Crippen molar-refractivity contribution < 1.29 is 4.79 Å². The number of hydrogen-bond acceptors (Lipinski definition) is 2. The Morgan fingerprint density at radius 1 is 0.769 bits per heavy atom. The highest BCUT2D eigenvalue weighted by Crippen LogP contribution is 2.22. The third-order valence-corrected chi connectivity index (χ3v) is 4.88. The molecule has 1 fully saturated rings. The van der Waals surface area contributed by atoms with Crippen LogP contribution in [-0.2, 0) is 0 Å². The van der Waals surface area contributed by atoms with E-state index in [1.165, 1.54) is 24.9 Å². The predicted molar refractivity (Wildman–Crippen MR) is 106 cm³/mol. The third kappa shape index (κ3) is 3.64. The molecule has 2 heterocycles. The molecule has 1 aliphatic heterocycles. The summed E-state index contributed by atoms with van der Waals surface area (Å²) in [4.78, 5) is 14.9. The minimum absolute atomic E-state index is 0.0882. The number of nitrogens with one attached hydrogen (secondary N) is 1. The number of piperidine rings is 1. The molecule has 4 heteroatoms. The molecule has 1 aromatic heterocycles. The van der Waals surface area contributed by atoms with Gasteiger partial charge in [-0.15, -0.1) is 0 Å². The van der Waals surface area contributed by atoms with Crippen molar-refractivity contribution >= 4 is 17.3 Å². The number of benzene rings is 2. The number of carbonyl (C=O) groups is 1. The van der Waals surface area contributed by atoms with Gasteiger partial charge in [-0.05, 0) is 79.9 Å². The summed E-state index contributed by atoms with van der Waals surface area (Å²) >= 11 is 0. The molecule has 1 aliphatic rings. The first-order chi connectivity index (χ1) is 12.8. The quantitative estimate of drug-likeness (QED) is 0.743. The largest absolute Gasteiger partial charge is 0.372 e. The summed E-state index contributed by atoms with van der Waals surface area (Å²) in [6.45, 7) is 2.25. The Bertz CT molecular complexity index is 845. The summed E-state index contributed by atoms with van der Waals surface area (Å²) in [6, 6.07) is 19.7. The Kier molecular flexibility index (Phi) is 4.73. The van der Waals surface area contributed by atoms with Crippen molar-refractivity contribution in [1.82, 2.24) is 4.57 Å². The molecule has 1 amide bonds. The minimum atomic E-state index is -0.0882. The molecule has 3 aromatic rings. The highest BCUT2D eigenvalue weighted by Gasteiger charge is 2.11. The normalized spacial score (nSPS) is 14.2. The van der Waals surface area contributed by atoms with Crippen LogP contribution >= 0.6 is 0 Å². The molecule has 0 aliphatic carbocycles. The molecule has 0 bridgehead atoms. The lowest BCUT2D eigenvalue weighted by Gasteiger charge is -2.28. The summed E-state index contributed by atoms with van der Waals surface area (Å²) in [5.74, 6) is -0.0882. The van der Waals surface area contributed by atoms with E-state index in [-0.39, 0.29) is 5.91 Å². The second kappa shape index (κ2) is 7.48. The zero-order chi connectivity index (χ0) is 17.8. The van der Waals surface area contributed by atoms with Crippen LogP contribution < -0.4 is 10.2 Å². The number of rotatable bonds is 4. The molecule has 0 saturated carbocycles. The Hall–Kier alpha value is -3.01. The molecule has 4 nitrogen and oxygen atoms in total. The van der Waals surface area contributed by atoms with Gasteiger partial charge in [0.1, 0.15) is 0 Å². The Morgan fingerprint density at radius 2 is 1.38 bits per heavy atom. The zero-order valence-electron chi connectivity index (χ0n) is 14.8. The van der Waals surface area contributed by atoms with Crippen LogP contribution in [0.4, 0.5) is 11.4 Å². The molecule has 0 unspecified atom stereocenters. The van der Waals surface area contributed by atoms with Crippen molar-refractivity contribution in [1.29, 1.82) is 0 Å². The number of nitrogens with zero attached hydrogens (tertiary/aromatic N) is 2. The molecule has 0 radical (unpaired) electrons. The van der Waals surface area contributed by atoms with Gasteiger partial charge in [-0.3, -0.25) is 4.79 Å². The van der Waals surface area contributed by atoms with Gasteiger partial charge < -0.3 is 14.8 Å². The fourth-order valence-electron chi connectivity index (χ4n) is 3.40. The van der Waals surface area contributed by atoms with Gasteiger partial charge >= 0.3 is 0 Å². The predicted octanol–water partition coefficient (Wildman–Crippen LogP) is 4.72. The fourth-order valence-corrected chi connectivity index (χ4v) is 3.40. The van der Waals surface area contributed by atoms with E-state index in [1.807, 2.05) is 65.5 Å². The first kappa shape index (κ1) is 16.5. The summed E-state index contributed by atoms with van der Waals surface area (Å²) in [6.07, 6.45) is 7.82. The fraction of sp³-hybridized carbons (Fsp3) is 0.227. The van der Waals surface area contributed by atoms with Crippen LogP contribution in [0, 0.1) is 0 Å². The van der Waals surface area contributed by atoms with Crippen LogP contribution in [0.25, 0.3) is 5.69 Å². The number of hydrogen-bond donors (Lipinski definition) is 1. The monoisotopic (exact) mass is 345 g/mol. The van der Waals surface area contributed by atoms with Crippen LogP contribution in [0.1, 0.15) is 29.6 Å². The Morgan fingerprint density at radius 3 is 2.04 bits per heavy atom. The van der Waals surface area contributed by atoms with E-state index in [0.717, 1.165) is 24.5 Å². The van der Waals surface area contributed by atoms with Crippen molar-refractivity contribution in [2.45, 2.75) is 19.3 Å². The van der Waals surface area contributed by atoms with Crippen molar-refractivity contribution in [3.8, 4) is 5.69 Å². The zero-order valence-corrected chi connectivity index (χ0v) is 14.8. The number of amides is 1. The molecule has 2 aromatic carbocycles. The number of aromatic nitrogens is 1. The van der Waals surface area contributed by atoms with E-state index in [2.05, 4.69) is 22.3 Å². The lowest BCUT2D eigenvalue weighted by molar-refractivity contribution is 0.102. The average Bonchev–Trinajstić information content (AvgIpc) is 3.24. The van der Waals surface area contributed by atoms with Crippen LogP contribution in [-0.4, -0.2) is 23.6 Å². The van der Waals surface area contributed by atoms with Crippen LogP contribution in [0.2, 0.25) is 0 Å². The average molecular weight is 345 g/mol. The van der Waals surface area contributed by atoms with Crippen LogP contribution in [0.3, 0.4) is 0 Å². The van der Waals surface area contributed by atoms with Gasteiger partial charge in [0.05, 0.1) is 0 Å². The van der Waals surface area contributed by atoms with Gasteiger partial charge in [-0.1, -0.05) is 0 Å². The van der Waals surface area contributed by atoms with Crippen molar-refractivity contribution in [3.05, 3.63) is 78.6 Å². The molecule has 1 saturated heterocycles. The van der Waals surface area contributed by atoms with Gasteiger partial charge in [0.15, 0.2) is 0 Å². The molecular weight excluding hydrogens is 322 g/mol.